The Morgan fingerprint density at radius 1 is 1.33 bits per heavy atom. The summed E-state index contributed by atoms with van der Waals surface area (Å²) in [5.41, 5.74) is 0. The second-order valence-corrected chi connectivity index (χ2v) is 4.67. The topological polar surface area (TPSA) is 27.7 Å². The molecule has 70 valence electrons. The van der Waals surface area contributed by atoms with Crippen molar-refractivity contribution >= 4 is 8.60 Å². The minimum Gasteiger partial charge on any atom is -0.316 e. The van der Waals surface area contributed by atoms with Crippen molar-refractivity contribution in [1.82, 2.24) is 0 Å². The van der Waals surface area contributed by atoms with E-state index in [4.69, 9.17) is 13.6 Å². The molecule has 0 radical (unpaired) electrons. The molecule has 3 nitrogen and oxygen atoms in total. The number of hydrogen-bond acceptors (Lipinski definition) is 3. The standard InChI is InChI=1S/C8H15O3P/c1-9-12-10-6-7-4-2-3-5-8(7)11-12/h7-8H,2-6H2,1H3/t7-,8+,12-/m0/s1. The zero-order valence-corrected chi connectivity index (χ0v) is 8.26. The molecular formula is C8H15O3P. The second kappa shape index (κ2) is 4.01. The molecule has 1 aliphatic heterocycles. The molecule has 2 aliphatic rings. The smallest absolute Gasteiger partial charge is 0.316 e. The van der Waals surface area contributed by atoms with Gasteiger partial charge in [-0.15, -0.1) is 0 Å². The van der Waals surface area contributed by atoms with Crippen molar-refractivity contribution in [1.29, 1.82) is 0 Å². The van der Waals surface area contributed by atoms with Gasteiger partial charge >= 0.3 is 8.60 Å². The minimum atomic E-state index is -1.01. The Hall–Kier alpha value is 0.310. The Balaban J connectivity index is 1.90. The van der Waals surface area contributed by atoms with E-state index >= 15 is 0 Å². The monoisotopic (exact) mass is 190 g/mol. The van der Waals surface area contributed by atoms with Crippen LogP contribution < -0.4 is 0 Å². The van der Waals surface area contributed by atoms with Crippen molar-refractivity contribution < 1.29 is 13.6 Å². The highest BCUT2D eigenvalue weighted by atomic mass is 31.2. The lowest BCUT2D eigenvalue weighted by atomic mass is 9.87. The van der Waals surface area contributed by atoms with Crippen molar-refractivity contribution in [3.8, 4) is 0 Å². The van der Waals surface area contributed by atoms with E-state index in [9.17, 15) is 0 Å². The first-order valence-electron chi connectivity index (χ1n) is 4.54. The molecule has 0 aromatic rings. The molecule has 12 heavy (non-hydrogen) atoms. The average molecular weight is 190 g/mol. The number of rotatable bonds is 1. The van der Waals surface area contributed by atoms with Gasteiger partial charge in [-0.25, -0.2) is 0 Å². The summed E-state index contributed by atoms with van der Waals surface area (Å²) >= 11 is 0. The van der Waals surface area contributed by atoms with Gasteiger partial charge in [-0.3, -0.25) is 0 Å². The molecule has 0 unspecified atom stereocenters. The maximum absolute atomic E-state index is 5.66. The highest BCUT2D eigenvalue weighted by Crippen LogP contribution is 2.48. The van der Waals surface area contributed by atoms with Crippen LogP contribution in [0, 0.1) is 5.92 Å². The van der Waals surface area contributed by atoms with Crippen molar-refractivity contribution in [2.45, 2.75) is 31.8 Å². The Morgan fingerprint density at radius 3 is 3.00 bits per heavy atom. The fourth-order valence-electron chi connectivity index (χ4n) is 1.90. The van der Waals surface area contributed by atoms with Gasteiger partial charge in [0.1, 0.15) is 0 Å². The van der Waals surface area contributed by atoms with E-state index in [2.05, 4.69) is 0 Å². The Labute approximate surface area is 74.4 Å². The van der Waals surface area contributed by atoms with E-state index in [-0.39, 0.29) is 0 Å². The highest BCUT2D eigenvalue weighted by molar-refractivity contribution is 7.41. The molecule has 0 spiro atoms. The summed E-state index contributed by atoms with van der Waals surface area (Å²) in [5, 5.41) is 0. The molecule has 0 aromatic heterocycles. The number of hydrogen-bond donors (Lipinski definition) is 0. The molecule has 1 heterocycles. The zero-order valence-electron chi connectivity index (χ0n) is 7.36. The molecule has 0 bridgehead atoms. The third-order valence-electron chi connectivity index (χ3n) is 2.60. The van der Waals surface area contributed by atoms with Crippen molar-refractivity contribution in [2.75, 3.05) is 13.7 Å². The molecule has 3 atom stereocenters. The Kier molecular flexibility index (Phi) is 2.97. The van der Waals surface area contributed by atoms with Crippen LogP contribution in [-0.4, -0.2) is 19.8 Å². The average Bonchev–Trinajstić information content (AvgIpc) is 2.17. The fourth-order valence-corrected chi connectivity index (χ4v) is 2.96. The van der Waals surface area contributed by atoms with E-state index in [1.165, 1.54) is 25.7 Å². The number of fused-ring (bicyclic) bond motifs is 1. The van der Waals surface area contributed by atoms with Crippen LogP contribution in [0.5, 0.6) is 0 Å². The van der Waals surface area contributed by atoms with Crippen molar-refractivity contribution in [3.63, 3.8) is 0 Å². The van der Waals surface area contributed by atoms with Crippen LogP contribution in [0.2, 0.25) is 0 Å². The second-order valence-electron chi connectivity index (χ2n) is 3.39. The largest absolute Gasteiger partial charge is 0.332 e. The van der Waals surface area contributed by atoms with Gasteiger partial charge in [0.05, 0.1) is 12.7 Å². The summed E-state index contributed by atoms with van der Waals surface area (Å²) in [7, 11) is 0.635. The van der Waals surface area contributed by atoms with E-state index in [1.54, 1.807) is 7.11 Å². The van der Waals surface area contributed by atoms with Gasteiger partial charge in [0, 0.05) is 13.0 Å². The summed E-state index contributed by atoms with van der Waals surface area (Å²) in [6.45, 7) is 0.838. The summed E-state index contributed by atoms with van der Waals surface area (Å²) < 4.78 is 16.1. The van der Waals surface area contributed by atoms with Gasteiger partial charge in [-0.2, -0.15) is 0 Å². The predicted octanol–water partition coefficient (Wildman–Crippen LogP) is 2.47. The maximum atomic E-state index is 5.66. The highest BCUT2D eigenvalue weighted by Gasteiger charge is 2.34. The van der Waals surface area contributed by atoms with Crippen molar-refractivity contribution in [2.24, 2.45) is 5.92 Å². The Morgan fingerprint density at radius 2 is 2.17 bits per heavy atom. The SMILES string of the molecule is CO[P@@]1OC[C@@H]2CCCC[C@H]2O1. The van der Waals surface area contributed by atoms with E-state index in [1.807, 2.05) is 0 Å². The molecular weight excluding hydrogens is 175 g/mol. The van der Waals surface area contributed by atoms with Gasteiger partial charge in [-0.05, 0) is 12.8 Å². The van der Waals surface area contributed by atoms with Crippen LogP contribution in [-0.2, 0) is 13.6 Å². The van der Waals surface area contributed by atoms with Crippen LogP contribution in [0.15, 0.2) is 0 Å². The summed E-state index contributed by atoms with van der Waals surface area (Å²) in [5.74, 6) is 0.632. The van der Waals surface area contributed by atoms with Gasteiger partial charge in [0.15, 0.2) is 0 Å². The third kappa shape index (κ3) is 1.80. The lowest BCUT2D eigenvalue weighted by Gasteiger charge is -2.37. The first kappa shape index (κ1) is 8.89. The minimum absolute atomic E-state index is 0.415. The summed E-state index contributed by atoms with van der Waals surface area (Å²) in [4.78, 5) is 0. The van der Waals surface area contributed by atoms with Gasteiger partial charge in [0.25, 0.3) is 0 Å². The Bertz CT molecular complexity index is 153. The van der Waals surface area contributed by atoms with Crippen LogP contribution in [0.3, 0.4) is 0 Å². The predicted molar refractivity (Wildman–Crippen MR) is 46.7 cm³/mol. The summed E-state index contributed by atoms with van der Waals surface area (Å²) in [6.07, 6.45) is 5.50. The molecule has 0 N–H and O–H groups in total. The summed E-state index contributed by atoms with van der Waals surface area (Å²) in [6, 6.07) is 0. The van der Waals surface area contributed by atoms with E-state index in [0.29, 0.717) is 12.0 Å². The molecule has 4 heteroatoms. The molecule has 0 amide bonds. The van der Waals surface area contributed by atoms with Crippen LogP contribution in [0.25, 0.3) is 0 Å². The van der Waals surface area contributed by atoms with Gasteiger partial charge < -0.3 is 13.6 Å². The maximum Gasteiger partial charge on any atom is 0.332 e. The zero-order chi connectivity index (χ0) is 8.39. The lowest BCUT2D eigenvalue weighted by Crippen LogP contribution is -2.33. The third-order valence-corrected chi connectivity index (χ3v) is 3.70. The van der Waals surface area contributed by atoms with E-state index in [0.717, 1.165) is 6.61 Å². The molecule has 1 saturated carbocycles. The molecule has 2 fully saturated rings. The van der Waals surface area contributed by atoms with E-state index < -0.39 is 8.60 Å². The molecule has 0 aromatic carbocycles. The lowest BCUT2D eigenvalue weighted by molar-refractivity contribution is -0.00367. The first-order valence-corrected chi connectivity index (χ1v) is 5.63. The van der Waals surface area contributed by atoms with Gasteiger partial charge in [0.2, 0.25) is 0 Å². The van der Waals surface area contributed by atoms with Crippen LogP contribution in [0.4, 0.5) is 0 Å². The quantitative estimate of drug-likeness (QED) is 0.594. The van der Waals surface area contributed by atoms with Crippen LogP contribution >= 0.6 is 8.60 Å². The molecule has 1 saturated heterocycles. The molecule has 2 rings (SSSR count). The van der Waals surface area contributed by atoms with Gasteiger partial charge in [-0.1, -0.05) is 12.8 Å². The first-order chi connectivity index (χ1) is 5.90. The van der Waals surface area contributed by atoms with Crippen molar-refractivity contribution in [3.05, 3.63) is 0 Å². The fraction of sp³-hybridized carbons (Fsp3) is 1.00. The normalized spacial score (nSPS) is 42.2. The molecule has 1 aliphatic carbocycles. The van der Waals surface area contributed by atoms with Crippen LogP contribution in [0.1, 0.15) is 25.7 Å².